The second kappa shape index (κ2) is 9.29. The van der Waals surface area contributed by atoms with Gasteiger partial charge in [0.05, 0.1) is 13.7 Å². The molecule has 0 aromatic heterocycles. The molecule has 0 radical (unpaired) electrons. The topological polar surface area (TPSA) is 93.1 Å². The molecule has 1 aliphatic rings. The Bertz CT molecular complexity index is 972. The van der Waals surface area contributed by atoms with Gasteiger partial charge in [-0.15, -0.1) is 0 Å². The monoisotopic (exact) mass is 484 g/mol. The van der Waals surface area contributed by atoms with Crippen molar-refractivity contribution < 1.29 is 27.6 Å². The van der Waals surface area contributed by atoms with Gasteiger partial charge in [-0.1, -0.05) is 68.7 Å². The molecule has 1 aromatic rings. The molecule has 0 bridgehead atoms. The summed E-state index contributed by atoms with van der Waals surface area (Å²) in [6, 6.07) is 0. The van der Waals surface area contributed by atoms with Crippen LogP contribution in [0.1, 0.15) is 98.6 Å². The summed E-state index contributed by atoms with van der Waals surface area (Å²) < 4.78 is 47.0. The van der Waals surface area contributed by atoms with Crippen LogP contribution in [-0.2, 0) is 16.5 Å². The first-order valence-corrected chi connectivity index (χ1v) is 13.4. The first kappa shape index (κ1) is 27.8. The van der Waals surface area contributed by atoms with Crippen LogP contribution >= 0.6 is 0 Å². The summed E-state index contributed by atoms with van der Waals surface area (Å²) in [4.78, 5) is -0.371. The summed E-state index contributed by atoms with van der Waals surface area (Å²) in [7, 11) is -3.32. The van der Waals surface area contributed by atoms with Crippen molar-refractivity contribution in [1.29, 1.82) is 0 Å². The molecule has 1 heterocycles. The van der Waals surface area contributed by atoms with Gasteiger partial charge in [-0.25, -0.2) is 0 Å². The van der Waals surface area contributed by atoms with Crippen LogP contribution in [0.2, 0.25) is 0 Å². The third-order valence-electron chi connectivity index (χ3n) is 6.62. The van der Waals surface area contributed by atoms with Crippen molar-refractivity contribution in [3.8, 4) is 17.2 Å². The average molecular weight is 485 g/mol. The second-order valence-corrected chi connectivity index (χ2v) is 13.7. The molecule has 1 aliphatic heterocycles. The molecule has 2 N–H and O–H groups in total. The fourth-order valence-corrected chi connectivity index (χ4v) is 7.46. The maximum absolute atomic E-state index is 12.6. The Morgan fingerprint density at radius 2 is 1.79 bits per heavy atom. The van der Waals surface area contributed by atoms with Crippen molar-refractivity contribution in [1.82, 2.24) is 0 Å². The number of aromatic hydroxyl groups is 1. The minimum Gasteiger partial charge on any atom is -0.507 e. The van der Waals surface area contributed by atoms with E-state index in [1.54, 1.807) is 0 Å². The molecule has 0 aliphatic carbocycles. The standard InChI is InChI=1S/C26H44O6S/c1-11-12-17-19(27)18-21(22(20(17)31-10)33(28,29)30)32-15-26(9,14-24(4,5)6)23(18)25(7,8)13-16(2)3/h16,23,27H,11-15H2,1-10H3,(H,28,29,30). The van der Waals surface area contributed by atoms with E-state index >= 15 is 0 Å². The van der Waals surface area contributed by atoms with Crippen LogP contribution < -0.4 is 9.47 Å². The number of hydrogen-bond acceptors (Lipinski definition) is 5. The Morgan fingerprint density at radius 1 is 1.21 bits per heavy atom. The highest BCUT2D eigenvalue weighted by atomic mass is 32.2. The van der Waals surface area contributed by atoms with E-state index in [1.165, 1.54) is 7.11 Å². The van der Waals surface area contributed by atoms with Crippen LogP contribution in [0.5, 0.6) is 17.2 Å². The van der Waals surface area contributed by atoms with Crippen LogP contribution in [0.15, 0.2) is 4.90 Å². The summed E-state index contributed by atoms with van der Waals surface area (Å²) in [6.07, 6.45) is 2.79. The number of rotatable bonds is 8. The number of methoxy groups -OCH3 is 1. The van der Waals surface area contributed by atoms with Gasteiger partial charge in [-0.3, -0.25) is 4.55 Å². The second-order valence-electron chi connectivity index (χ2n) is 12.4. The molecule has 2 unspecified atom stereocenters. The molecule has 1 aromatic carbocycles. The van der Waals surface area contributed by atoms with Gasteiger partial charge in [0, 0.05) is 22.5 Å². The molecule has 2 atom stereocenters. The van der Waals surface area contributed by atoms with Gasteiger partial charge in [0.25, 0.3) is 0 Å². The van der Waals surface area contributed by atoms with Crippen molar-refractivity contribution >= 4 is 10.1 Å². The number of benzene rings is 1. The molecule has 190 valence electrons. The third kappa shape index (κ3) is 5.61. The van der Waals surface area contributed by atoms with E-state index in [-0.39, 0.29) is 50.9 Å². The van der Waals surface area contributed by atoms with Gasteiger partial charge < -0.3 is 14.6 Å². The average Bonchev–Trinajstić information content (AvgIpc) is 2.59. The molecule has 0 spiro atoms. The number of ether oxygens (including phenoxy) is 2. The fourth-order valence-electron chi connectivity index (χ4n) is 6.62. The third-order valence-corrected chi connectivity index (χ3v) is 7.50. The van der Waals surface area contributed by atoms with Gasteiger partial charge in [-0.05, 0) is 36.0 Å². The van der Waals surface area contributed by atoms with Crippen LogP contribution in [0.4, 0.5) is 0 Å². The maximum Gasteiger partial charge on any atom is 0.301 e. The van der Waals surface area contributed by atoms with Crippen LogP contribution in [0, 0.1) is 22.2 Å². The Kier molecular flexibility index (Phi) is 7.82. The van der Waals surface area contributed by atoms with Gasteiger partial charge in [-0.2, -0.15) is 8.42 Å². The molecule has 6 nitrogen and oxygen atoms in total. The Labute approximate surface area is 200 Å². The predicted octanol–water partition coefficient (Wildman–Crippen LogP) is 6.59. The van der Waals surface area contributed by atoms with E-state index in [2.05, 4.69) is 55.4 Å². The molecule has 0 fully saturated rings. The van der Waals surface area contributed by atoms with Gasteiger partial charge in [0.2, 0.25) is 0 Å². The lowest BCUT2D eigenvalue weighted by molar-refractivity contribution is 0.000393. The minimum atomic E-state index is -4.67. The van der Waals surface area contributed by atoms with Crippen LogP contribution in [0.25, 0.3) is 0 Å². The predicted molar refractivity (Wildman–Crippen MR) is 132 cm³/mol. The highest BCUT2D eigenvalue weighted by Gasteiger charge is 2.53. The fraction of sp³-hybridized carbons (Fsp3) is 0.769. The zero-order valence-electron chi connectivity index (χ0n) is 22.1. The lowest BCUT2D eigenvalue weighted by Crippen LogP contribution is -2.46. The number of fused-ring (bicyclic) bond motifs is 1. The zero-order valence-corrected chi connectivity index (χ0v) is 22.9. The Balaban J connectivity index is 3.04. The zero-order chi connectivity index (χ0) is 25.6. The largest absolute Gasteiger partial charge is 0.507 e. The lowest BCUT2D eigenvalue weighted by atomic mass is 9.55. The van der Waals surface area contributed by atoms with E-state index in [1.807, 2.05) is 6.92 Å². The Hall–Kier alpha value is -1.47. The molecule has 0 saturated heterocycles. The number of phenolic OH excluding ortho intramolecular Hbond substituents is 1. The molecule has 2 rings (SSSR count). The summed E-state index contributed by atoms with van der Waals surface area (Å²) in [5.74, 6) is 0.229. The van der Waals surface area contributed by atoms with E-state index in [0.29, 0.717) is 29.9 Å². The summed E-state index contributed by atoms with van der Waals surface area (Å²) in [6.45, 7) is 19.7. The van der Waals surface area contributed by atoms with Gasteiger partial charge in [0.15, 0.2) is 16.4 Å². The van der Waals surface area contributed by atoms with Crippen molar-refractivity contribution in [3.05, 3.63) is 11.1 Å². The van der Waals surface area contributed by atoms with E-state index in [4.69, 9.17) is 9.47 Å². The highest BCUT2D eigenvalue weighted by molar-refractivity contribution is 7.86. The molecule has 0 amide bonds. The van der Waals surface area contributed by atoms with Gasteiger partial charge >= 0.3 is 10.1 Å². The highest BCUT2D eigenvalue weighted by Crippen LogP contribution is 2.63. The number of phenols is 1. The van der Waals surface area contributed by atoms with E-state index in [0.717, 1.165) is 12.8 Å². The Morgan fingerprint density at radius 3 is 2.21 bits per heavy atom. The summed E-state index contributed by atoms with van der Waals surface area (Å²) in [5, 5.41) is 11.6. The molecule has 33 heavy (non-hydrogen) atoms. The first-order valence-electron chi connectivity index (χ1n) is 12.0. The smallest absolute Gasteiger partial charge is 0.301 e. The first-order chi connectivity index (χ1) is 14.9. The number of hydrogen-bond donors (Lipinski definition) is 2. The molecular weight excluding hydrogens is 440 g/mol. The van der Waals surface area contributed by atoms with Crippen molar-refractivity contribution in [3.63, 3.8) is 0 Å². The van der Waals surface area contributed by atoms with Crippen molar-refractivity contribution in [2.24, 2.45) is 22.2 Å². The molecule has 7 heteroatoms. The van der Waals surface area contributed by atoms with Crippen molar-refractivity contribution in [2.45, 2.75) is 98.8 Å². The van der Waals surface area contributed by atoms with E-state index < -0.39 is 10.1 Å². The van der Waals surface area contributed by atoms with Gasteiger partial charge in [0.1, 0.15) is 5.75 Å². The summed E-state index contributed by atoms with van der Waals surface area (Å²) >= 11 is 0. The maximum atomic E-state index is 12.6. The lowest BCUT2D eigenvalue weighted by Gasteiger charge is -2.52. The van der Waals surface area contributed by atoms with Crippen LogP contribution in [0.3, 0.4) is 0 Å². The van der Waals surface area contributed by atoms with E-state index in [9.17, 15) is 18.1 Å². The minimum absolute atomic E-state index is 0.0119. The normalized spacial score (nSPS) is 21.6. The SMILES string of the molecule is CCCc1c(O)c2c(c(S(=O)(=O)O)c1OC)OCC(C)(CC(C)(C)C)C2C(C)(C)CC(C)C. The molecular formula is C26H44O6S. The van der Waals surface area contributed by atoms with Crippen molar-refractivity contribution in [2.75, 3.05) is 13.7 Å². The quantitative estimate of drug-likeness (QED) is 0.404. The van der Waals surface area contributed by atoms with Crippen LogP contribution in [-0.4, -0.2) is 31.8 Å². The summed E-state index contributed by atoms with van der Waals surface area (Å²) in [5.41, 5.74) is 0.229. The molecule has 0 saturated carbocycles.